The van der Waals surface area contributed by atoms with Gasteiger partial charge in [0.25, 0.3) is 5.56 Å². The lowest BCUT2D eigenvalue weighted by molar-refractivity contribution is -0.0454. The van der Waals surface area contributed by atoms with Crippen molar-refractivity contribution >= 4 is 71.0 Å². The van der Waals surface area contributed by atoms with Crippen LogP contribution in [0, 0.1) is 6.92 Å². The van der Waals surface area contributed by atoms with Gasteiger partial charge < -0.3 is 42.2 Å². The van der Waals surface area contributed by atoms with Crippen molar-refractivity contribution in [3.05, 3.63) is 45.6 Å². The van der Waals surface area contributed by atoms with Gasteiger partial charge >= 0.3 is 13.4 Å². The highest BCUT2D eigenvalue weighted by atomic mass is 35.5. The summed E-state index contributed by atoms with van der Waals surface area (Å²) in [5.74, 6) is 0.732. The van der Waals surface area contributed by atoms with Gasteiger partial charge in [-0.25, -0.2) is 19.9 Å². The minimum Gasteiger partial charge on any atom is -0.349 e. The molecule has 2 unspecified atom stereocenters. The number of nitrogens with zero attached hydrogens (tertiary/aromatic N) is 6. The van der Waals surface area contributed by atoms with Crippen LogP contribution in [-0.4, -0.2) is 69.3 Å². The number of imidazole rings is 2. The molecule has 0 saturated carbocycles. The monoisotopic (exact) mass is 649 g/mol. The summed E-state index contributed by atoms with van der Waals surface area (Å²) in [4.78, 5) is 54.1. The van der Waals surface area contributed by atoms with E-state index in [1.807, 2.05) is 0 Å². The summed E-state index contributed by atoms with van der Waals surface area (Å²) in [6.45, 7) is -6.11. The van der Waals surface area contributed by atoms with E-state index < -0.39 is 37.4 Å². The third-order valence-corrected chi connectivity index (χ3v) is 9.61. The number of aromatic nitrogens is 7. The molecule has 0 spiro atoms. The first-order chi connectivity index (χ1) is 19.0. The highest BCUT2D eigenvalue weighted by Crippen LogP contribution is 2.51. The zero-order valence-electron chi connectivity index (χ0n) is 20.6. The maximum Gasteiger partial charge on any atom is 0.325 e. The molecular formula is C20H22ClN7O8P2S2. The second-order valence-electron chi connectivity index (χ2n) is 9.02. The van der Waals surface area contributed by atoms with E-state index in [-0.39, 0.29) is 44.0 Å². The van der Waals surface area contributed by atoms with Gasteiger partial charge in [0.05, 0.1) is 30.7 Å². The van der Waals surface area contributed by atoms with Gasteiger partial charge in [-0.1, -0.05) is 11.6 Å². The maximum absolute atomic E-state index is 12.4. The zero-order valence-corrected chi connectivity index (χ0v) is 24.8. The van der Waals surface area contributed by atoms with Gasteiger partial charge in [0.2, 0.25) is 0 Å². The summed E-state index contributed by atoms with van der Waals surface area (Å²) in [6.07, 6.45) is 0.580. The molecule has 2 aliphatic heterocycles. The van der Waals surface area contributed by atoms with Crippen molar-refractivity contribution in [2.45, 2.75) is 44.9 Å². The molecule has 4 aromatic heterocycles. The third kappa shape index (κ3) is 5.79. The van der Waals surface area contributed by atoms with Crippen LogP contribution in [0.2, 0.25) is 5.02 Å². The van der Waals surface area contributed by atoms with E-state index in [0.717, 1.165) is 0 Å². The molecule has 20 heteroatoms. The first kappa shape index (κ1) is 28.4. The Hall–Kier alpha value is -1.72. The fourth-order valence-corrected chi connectivity index (χ4v) is 7.23. The lowest BCUT2D eigenvalue weighted by Crippen LogP contribution is -2.23. The number of hydrogen-bond acceptors (Lipinski definition) is 12. The van der Waals surface area contributed by atoms with Gasteiger partial charge in [-0.15, -0.1) is 0 Å². The van der Waals surface area contributed by atoms with Crippen molar-refractivity contribution in [3.8, 4) is 0 Å². The van der Waals surface area contributed by atoms with E-state index in [1.165, 1.54) is 17.1 Å². The number of aryl methyl sites for hydroxylation is 1. The number of hydrogen-bond donors (Lipinski definition) is 3. The van der Waals surface area contributed by atoms with Crippen LogP contribution in [0.25, 0.3) is 22.3 Å². The maximum atomic E-state index is 12.4. The van der Waals surface area contributed by atoms with E-state index in [4.69, 9.17) is 58.0 Å². The normalized spacial score (nSPS) is 30.2. The molecule has 0 aliphatic carbocycles. The Bertz CT molecular complexity index is 1770. The molecular weight excluding hydrogens is 628 g/mol. The van der Waals surface area contributed by atoms with E-state index in [2.05, 4.69) is 24.9 Å². The molecule has 15 nitrogen and oxygen atoms in total. The number of aromatic amines is 1. The largest absolute Gasteiger partial charge is 0.349 e. The minimum absolute atomic E-state index is 0.0301. The molecule has 0 amide bonds. The Morgan fingerprint density at radius 3 is 2.80 bits per heavy atom. The molecule has 0 radical (unpaired) electrons. The van der Waals surface area contributed by atoms with Crippen LogP contribution < -0.4 is 5.56 Å². The number of ether oxygens (including phenoxy) is 1. The predicted octanol–water partition coefficient (Wildman–Crippen LogP) is 2.20. The molecule has 1 fully saturated rings. The molecule has 2 aliphatic rings. The Labute approximate surface area is 240 Å². The van der Waals surface area contributed by atoms with Gasteiger partial charge in [-0.05, 0) is 36.6 Å². The van der Waals surface area contributed by atoms with E-state index in [9.17, 15) is 14.6 Å². The standard InChI is InChI=1S/C20H22ClN7O8P2S2/c1-10-24-18-16(19(29)25-10)23-9-28(18)20-14-5-12(35-20)7-33-37(30,39)32-3-2-27-15(8-34-38(31,40)36-14)26-13-4-11(21)6-22-17(13)27/h4,6,9,12,14,20H,2-3,5,7-8H2,1H3,(H,30,39)(H,31,40)(H,24,25,29)/t12-,14+,20+,37?,38?/m0/s1. The number of rotatable bonds is 1. The highest BCUT2D eigenvalue weighted by molar-refractivity contribution is 8.07. The van der Waals surface area contributed by atoms with Crippen LogP contribution in [0.3, 0.4) is 0 Å². The summed E-state index contributed by atoms with van der Waals surface area (Å²) >= 11 is 16.6. The molecule has 3 N–H and O–H groups in total. The number of halogens is 1. The topological polar surface area (TPSA) is 181 Å². The molecule has 6 rings (SSSR count). The molecule has 4 aromatic rings. The van der Waals surface area contributed by atoms with Crippen molar-refractivity contribution in [3.63, 3.8) is 0 Å². The number of nitrogens with one attached hydrogen (secondary N) is 1. The fraction of sp³-hybridized carbons (Fsp3) is 0.450. The summed E-state index contributed by atoms with van der Waals surface area (Å²) in [5.41, 5.74) is 0.890. The van der Waals surface area contributed by atoms with Crippen molar-refractivity contribution in [2.24, 2.45) is 0 Å². The Morgan fingerprint density at radius 1 is 1.15 bits per heavy atom. The summed E-state index contributed by atoms with van der Waals surface area (Å²) in [5, 5.41) is 0.387. The van der Waals surface area contributed by atoms with Gasteiger partial charge in [-0.2, -0.15) is 0 Å². The quantitative estimate of drug-likeness (QED) is 0.255. The number of fused-ring (bicyclic) bond motifs is 6. The van der Waals surface area contributed by atoms with Crippen LogP contribution in [0.1, 0.15) is 24.3 Å². The average Bonchev–Trinajstić information content (AvgIpc) is 3.56. The second-order valence-corrected chi connectivity index (χ2v) is 15.1. The van der Waals surface area contributed by atoms with Crippen molar-refractivity contribution in [2.75, 3.05) is 13.2 Å². The van der Waals surface area contributed by atoms with Crippen molar-refractivity contribution in [1.29, 1.82) is 0 Å². The summed E-state index contributed by atoms with van der Waals surface area (Å²) in [7, 11) is 0. The van der Waals surface area contributed by atoms with Crippen LogP contribution in [0.4, 0.5) is 0 Å². The molecule has 0 aromatic carbocycles. The summed E-state index contributed by atoms with van der Waals surface area (Å²) < 4.78 is 32.1. The van der Waals surface area contributed by atoms with Crippen LogP contribution in [0.5, 0.6) is 0 Å². The van der Waals surface area contributed by atoms with Gasteiger partial charge in [0, 0.05) is 19.2 Å². The molecule has 2 bridgehead atoms. The Balaban J connectivity index is 1.35. The fourth-order valence-electron chi connectivity index (χ4n) is 4.57. The highest BCUT2D eigenvalue weighted by Gasteiger charge is 2.42. The van der Waals surface area contributed by atoms with E-state index in [0.29, 0.717) is 27.8 Å². The average molecular weight is 650 g/mol. The van der Waals surface area contributed by atoms with Gasteiger partial charge in [0.1, 0.15) is 29.9 Å². The van der Waals surface area contributed by atoms with Crippen molar-refractivity contribution < 1.29 is 32.6 Å². The lowest BCUT2D eigenvalue weighted by Gasteiger charge is -2.24. The Kier molecular flexibility index (Phi) is 7.70. The molecule has 40 heavy (non-hydrogen) atoms. The minimum atomic E-state index is -3.88. The third-order valence-electron chi connectivity index (χ3n) is 6.22. The van der Waals surface area contributed by atoms with Gasteiger partial charge in [-0.3, -0.25) is 9.36 Å². The molecule has 6 heterocycles. The first-order valence-electron chi connectivity index (χ1n) is 11.9. The zero-order chi connectivity index (χ0) is 28.2. The lowest BCUT2D eigenvalue weighted by atomic mass is 10.2. The smallest absolute Gasteiger partial charge is 0.325 e. The molecule has 1 saturated heterocycles. The second kappa shape index (κ2) is 10.8. The first-order valence-corrected chi connectivity index (χ1v) is 17.4. The van der Waals surface area contributed by atoms with Crippen molar-refractivity contribution in [1.82, 2.24) is 34.1 Å². The van der Waals surface area contributed by atoms with Crippen LogP contribution >= 0.6 is 25.0 Å². The molecule has 5 atom stereocenters. The van der Waals surface area contributed by atoms with Gasteiger partial charge in [0.15, 0.2) is 23.0 Å². The molecule has 214 valence electrons. The van der Waals surface area contributed by atoms with Crippen LogP contribution in [-0.2, 0) is 59.6 Å². The van der Waals surface area contributed by atoms with E-state index >= 15 is 0 Å². The SMILES string of the molecule is Cc1nc2c(ncn2[C@@H]2O[C@@H]3COP(O)(=S)OCCn4c(nc5cc(Cl)cnc54)COP(O)(=S)O[C@@H]2C3)c(=O)[nH]1. The number of H-pyrrole nitrogens is 1. The predicted molar refractivity (Wildman–Crippen MR) is 149 cm³/mol. The number of pyridine rings is 1. The van der Waals surface area contributed by atoms with E-state index in [1.54, 1.807) is 17.6 Å². The summed E-state index contributed by atoms with van der Waals surface area (Å²) in [6, 6.07) is 1.63. The van der Waals surface area contributed by atoms with Crippen LogP contribution in [0.15, 0.2) is 23.4 Å². The Morgan fingerprint density at radius 2 is 1.98 bits per heavy atom.